The van der Waals surface area contributed by atoms with Gasteiger partial charge in [-0.1, -0.05) is 19.1 Å². The summed E-state index contributed by atoms with van der Waals surface area (Å²) in [5.41, 5.74) is 2.09. The number of hydrogen-bond donors (Lipinski definition) is 2. The number of carbonyl (C=O) groups excluding carboxylic acids is 1. The Kier molecular flexibility index (Phi) is 6.40. The van der Waals surface area contributed by atoms with Gasteiger partial charge in [-0.3, -0.25) is 4.79 Å². The predicted molar refractivity (Wildman–Crippen MR) is 105 cm³/mol. The van der Waals surface area contributed by atoms with Crippen LogP contribution in [0.15, 0.2) is 41.9 Å². The maximum Gasteiger partial charge on any atom is 0.222 e. The minimum Gasteiger partial charge on any atom is -0.357 e. The minimum atomic E-state index is 0.216. The predicted octanol–water partition coefficient (Wildman–Crippen LogP) is 1.33. The standard InChI is InChI=1S/C19H27N7O/c1-3-18(27)25-10-9-16(12-25)24-19(21-4-2)22-11-15-5-7-17(8-6-15)26-14-20-13-23-26/h5-8,13-14,16H,3-4,9-12H2,1-2H3,(H2,21,22,24). The molecule has 1 fully saturated rings. The number of likely N-dealkylation sites (tertiary alicyclic amines) is 1. The van der Waals surface area contributed by atoms with Crippen molar-refractivity contribution < 1.29 is 4.79 Å². The van der Waals surface area contributed by atoms with Gasteiger partial charge in [0, 0.05) is 32.1 Å². The second-order valence-electron chi connectivity index (χ2n) is 6.52. The number of rotatable bonds is 6. The van der Waals surface area contributed by atoms with E-state index in [1.807, 2.05) is 43.0 Å². The Morgan fingerprint density at radius 3 is 2.78 bits per heavy atom. The highest BCUT2D eigenvalue weighted by Crippen LogP contribution is 2.11. The molecule has 1 aromatic carbocycles. The molecule has 1 amide bonds. The molecule has 1 saturated heterocycles. The largest absolute Gasteiger partial charge is 0.357 e. The van der Waals surface area contributed by atoms with Crippen molar-refractivity contribution in [3.05, 3.63) is 42.5 Å². The topological polar surface area (TPSA) is 87.4 Å². The Hall–Kier alpha value is -2.90. The number of carbonyl (C=O) groups is 1. The van der Waals surface area contributed by atoms with Crippen LogP contribution in [0, 0.1) is 0 Å². The zero-order valence-corrected chi connectivity index (χ0v) is 15.9. The van der Waals surface area contributed by atoms with Gasteiger partial charge < -0.3 is 15.5 Å². The van der Waals surface area contributed by atoms with Crippen molar-refractivity contribution in [3.8, 4) is 5.69 Å². The van der Waals surface area contributed by atoms with Crippen LogP contribution in [0.4, 0.5) is 0 Å². The quantitative estimate of drug-likeness (QED) is 0.593. The van der Waals surface area contributed by atoms with Crippen molar-refractivity contribution in [2.45, 2.75) is 39.3 Å². The Morgan fingerprint density at radius 2 is 2.11 bits per heavy atom. The van der Waals surface area contributed by atoms with Crippen molar-refractivity contribution in [3.63, 3.8) is 0 Å². The molecule has 2 N–H and O–H groups in total. The number of guanidine groups is 1. The number of aromatic nitrogens is 3. The maximum atomic E-state index is 11.8. The fourth-order valence-electron chi connectivity index (χ4n) is 3.11. The van der Waals surface area contributed by atoms with Gasteiger partial charge in [-0.05, 0) is 31.0 Å². The summed E-state index contributed by atoms with van der Waals surface area (Å²) in [6.07, 6.45) is 4.70. The minimum absolute atomic E-state index is 0.216. The Morgan fingerprint density at radius 1 is 1.30 bits per heavy atom. The summed E-state index contributed by atoms with van der Waals surface area (Å²) in [7, 11) is 0. The van der Waals surface area contributed by atoms with Gasteiger partial charge in [-0.15, -0.1) is 0 Å². The number of nitrogens with zero attached hydrogens (tertiary/aromatic N) is 5. The van der Waals surface area contributed by atoms with E-state index in [9.17, 15) is 4.79 Å². The van der Waals surface area contributed by atoms with Gasteiger partial charge in [0.25, 0.3) is 0 Å². The van der Waals surface area contributed by atoms with Crippen LogP contribution in [-0.2, 0) is 11.3 Å². The molecule has 3 rings (SSSR count). The summed E-state index contributed by atoms with van der Waals surface area (Å²) in [5, 5.41) is 10.9. The van der Waals surface area contributed by atoms with Gasteiger partial charge in [0.15, 0.2) is 5.96 Å². The monoisotopic (exact) mass is 369 g/mol. The lowest BCUT2D eigenvalue weighted by Crippen LogP contribution is -2.45. The molecule has 0 bridgehead atoms. The fraction of sp³-hybridized carbons (Fsp3) is 0.474. The Labute approximate surface area is 159 Å². The van der Waals surface area contributed by atoms with Gasteiger partial charge in [-0.25, -0.2) is 14.7 Å². The molecule has 1 aliphatic rings. The van der Waals surface area contributed by atoms with Gasteiger partial charge >= 0.3 is 0 Å². The van der Waals surface area contributed by atoms with E-state index in [0.29, 0.717) is 13.0 Å². The molecule has 27 heavy (non-hydrogen) atoms. The first-order valence-electron chi connectivity index (χ1n) is 9.46. The van der Waals surface area contributed by atoms with Gasteiger partial charge in [0.05, 0.1) is 12.2 Å². The molecule has 1 atom stereocenters. The lowest BCUT2D eigenvalue weighted by Gasteiger charge is -2.18. The summed E-state index contributed by atoms with van der Waals surface area (Å²) in [5.74, 6) is 1.00. The normalized spacial score (nSPS) is 17.2. The molecule has 8 nitrogen and oxygen atoms in total. The van der Waals surface area contributed by atoms with Crippen molar-refractivity contribution in [2.24, 2.45) is 4.99 Å². The zero-order chi connectivity index (χ0) is 19.1. The third-order valence-electron chi connectivity index (χ3n) is 4.57. The summed E-state index contributed by atoms with van der Waals surface area (Å²) >= 11 is 0. The number of nitrogens with one attached hydrogen (secondary N) is 2. The van der Waals surface area contributed by atoms with Crippen LogP contribution < -0.4 is 10.6 Å². The Balaban J connectivity index is 1.58. The summed E-state index contributed by atoms with van der Waals surface area (Å²) in [6.45, 7) is 6.88. The molecule has 1 aromatic heterocycles. The molecule has 1 aliphatic heterocycles. The number of aliphatic imine (C=N–C) groups is 1. The molecule has 0 spiro atoms. The highest BCUT2D eigenvalue weighted by molar-refractivity contribution is 5.80. The maximum absolute atomic E-state index is 11.8. The van der Waals surface area contributed by atoms with E-state index in [2.05, 4.69) is 25.7 Å². The van der Waals surface area contributed by atoms with E-state index in [1.54, 1.807) is 11.0 Å². The fourth-order valence-corrected chi connectivity index (χ4v) is 3.11. The first-order valence-corrected chi connectivity index (χ1v) is 9.46. The van der Waals surface area contributed by atoms with Gasteiger partial charge in [0.1, 0.15) is 12.7 Å². The first kappa shape index (κ1) is 18.9. The van der Waals surface area contributed by atoms with E-state index < -0.39 is 0 Å². The average Bonchev–Trinajstić information content (AvgIpc) is 3.38. The molecule has 2 aromatic rings. The van der Waals surface area contributed by atoms with E-state index in [1.165, 1.54) is 6.33 Å². The third kappa shape index (κ3) is 5.06. The van der Waals surface area contributed by atoms with Crippen LogP contribution in [-0.4, -0.2) is 57.2 Å². The molecule has 8 heteroatoms. The molecular formula is C19H27N7O. The highest BCUT2D eigenvalue weighted by atomic mass is 16.2. The van der Waals surface area contributed by atoms with Crippen molar-refractivity contribution in [2.75, 3.05) is 19.6 Å². The van der Waals surface area contributed by atoms with Crippen LogP contribution in [0.3, 0.4) is 0 Å². The molecule has 0 radical (unpaired) electrons. The van der Waals surface area contributed by atoms with Crippen LogP contribution in [0.1, 0.15) is 32.3 Å². The lowest BCUT2D eigenvalue weighted by atomic mass is 10.2. The van der Waals surface area contributed by atoms with Crippen LogP contribution in [0.2, 0.25) is 0 Å². The van der Waals surface area contributed by atoms with E-state index >= 15 is 0 Å². The summed E-state index contributed by atoms with van der Waals surface area (Å²) in [6, 6.07) is 8.34. The first-order chi connectivity index (χ1) is 13.2. The van der Waals surface area contributed by atoms with Crippen LogP contribution >= 0.6 is 0 Å². The van der Waals surface area contributed by atoms with Gasteiger partial charge in [-0.2, -0.15) is 5.10 Å². The SMILES string of the molecule is CCNC(=NCc1ccc(-n2cncn2)cc1)NC1CCN(C(=O)CC)C1. The number of amides is 1. The molecule has 144 valence electrons. The van der Waals surface area contributed by atoms with E-state index in [4.69, 9.17) is 0 Å². The molecular weight excluding hydrogens is 342 g/mol. The second kappa shape index (κ2) is 9.16. The lowest BCUT2D eigenvalue weighted by molar-refractivity contribution is -0.129. The Bertz CT molecular complexity index is 755. The molecule has 1 unspecified atom stereocenters. The second-order valence-corrected chi connectivity index (χ2v) is 6.52. The van der Waals surface area contributed by atoms with Crippen molar-refractivity contribution in [1.29, 1.82) is 0 Å². The van der Waals surface area contributed by atoms with E-state index in [-0.39, 0.29) is 11.9 Å². The highest BCUT2D eigenvalue weighted by Gasteiger charge is 2.25. The van der Waals surface area contributed by atoms with Crippen LogP contribution in [0.5, 0.6) is 0 Å². The summed E-state index contributed by atoms with van der Waals surface area (Å²) < 4.78 is 1.72. The number of benzene rings is 1. The number of hydrogen-bond acceptors (Lipinski definition) is 4. The smallest absolute Gasteiger partial charge is 0.222 e. The zero-order valence-electron chi connectivity index (χ0n) is 15.9. The summed E-state index contributed by atoms with van der Waals surface area (Å²) in [4.78, 5) is 22.4. The molecule has 0 saturated carbocycles. The van der Waals surface area contributed by atoms with E-state index in [0.717, 1.165) is 43.3 Å². The van der Waals surface area contributed by atoms with Crippen molar-refractivity contribution >= 4 is 11.9 Å². The molecule has 2 heterocycles. The van der Waals surface area contributed by atoms with Crippen molar-refractivity contribution in [1.82, 2.24) is 30.3 Å². The molecule has 0 aliphatic carbocycles. The third-order valence-corrected chi connectivity index (χ3v) is 4.57. The van der Waals surface area contributed by atoms with Crippen LogP contribution in [0.25, 0.3) is 5.69 Å². The van der Waals surface area contributed by atoms with Gasteiger partial charge in [0.2, 0.25) is 5.91 Å². The average molecular weight is 369 g/mol.